The quantitative estimate of drug-likeness (QED) is 0.715. The van der Waals surface area contributed by atoms with Crippen LogP contribution < -0.4 is 4.52 Å². The van der Waals surface area contributed by atoms with Crippen LogP contribution >= 0.6 is 7.82 Å². The van der Waals surface area contributed by atoms with Gasteiger partial charge in [-0.05, 0) is 54.9 Å². The number of hydrogen-bond donors (Lipinski definition) is 3. The number of fused-ring (bicyclic) bond motifs is 4. The van der Waals surface area contributed by atoms with Gasteiger partial charge in [0.25, 0.3) is 0 Å². The number of benzene rings is 1. The Hall–Kier alpha value is -1.33. The number of nitrogens with zero attached hydrogens (tertiary/aromatic N) is 1. The van der Waals surface area contributed by atoms with Crippen LogP contribution in [-0.4, -0.2) is 38.8 Å². The first-order valence-corrected chi connectivity index (χ1v) is 11.1. The fourth-order valence-electron chi connectivity index (χ4n) is 5.87. The molecule has 1 saturated carbocycles. The second kappa shape index (κ2) is 5.83. The van der Waals surface area contributed by atoms with Crippen molar-refractivity contribution >= 4 is 18.7 Å². The maximum Gasteiger partial charge on any atom is 0.524 e. The fraction of sp³-hybridized carbons (Fsp3) is 0.579. The van der Waals surface area contributed by atoms with Crippen LogP contribution in [0.15, 0.2) is 18.2 Å². The maximum absolute atomic E-state index is 11.2. The van der Waals surface area contributed by atoms with Gasteiger partial charge >= 0.3 is 7.82 Å². The molecular weight excluding hydrogens is 351 g/mol. The SMILES string of the molecule is CC[C@H]1C[C@H]2C[C@H]3c4[nH]c5ccc(OP(=O)(O)O)cc5c4CCN(C2)C13. The molecule has 140 valence electrons. The van der Waals surface area contributed by atoms with Gasteiger partial charge in [0.2, 0.25) is 0 Å². The van der Waals surface area contributed by atoms with Gasteiger partial charge in [-0.3, -0.25) is 14.7 Å². The zero-order valence-electron chi connectivity index (χ0n) is 14.9. The van der Waals surface area contributed by atoms with E-state index in [1.165, 1.54) is 37.1 Å². The summed E-state index contributed by atoms with van der Waals surface area (Å²) in [6.07, 6.45) is 4.84. The molecule has 5 atom stereocenters. The summed E-state index contributed by atoms with van der Waals surface area (Å²) in [6, 6.07) is 5.92. The molecule has 6 rings (SSSR count). The number of aromatic nitrogens is 1. The van der Waals surface area contributed by atoms with E-state index >= 15 is 0 Å². The smallest absolute Gasteiger partial charge is 0.404 e. The fourth-order valence-corrected chi connectivity index (χ4v) is 6.25. The van der Waals surface area contributed by atoms with E-state index in [2.05, 4.69) is 16.8 Å². The zero-order chi connectivity index (χ0) is 18.1. The molecule has 2 unspecified atom stereocenters. The molecular formula is C19H25N2O4P. The highest BCUT2D eigenvalue weighted by atomic mass is 31.2. The van der Waals surface area contributed by atoms with Crippen molar-refractivity contribution in [2.45, 2.75) is 44.6 Å². The highest BCUT2D eigenvalue weighted by Gasteiger charge is 2.48. The van der Waals surface area contributed by atoms with Gasteiger partial charge in [0.05, 0.1) is 0 Å². The molecule has 7 heteroatoms. The second-order valence-electron chi connectivity index (χ2n) is 8.15. The van der Waals surface area contributed by atoms with Crippen molar-refractivity contribution in [3.8, 4) is 5.75 Å². The van der Waals surface area contributed by atoms with Crippen LogP contribution in [-0.2, 0) is 11.0 Å². The first-order chi connectivity index (χ1) is 12.4. The van der Waals surface area contributed by atoms with Crippen LogP contribution in [0.1, 0.15) is 43.4 Å². The van der Waals surface area contributed by atoms with E-state index in [1.54, 1.807) is 12.1 Å². The monoisotopic (exact) mass is 376 g/mol. The second-order valence-corrected chi connectivity index (χ2v) is 9.32. The van der Waals surface area contributed by atoms with Crippen molar-refractivity contribution in [3.63, 3.8) is 0 Å². The highest BCUT2D eigenvalue weighted by Crippen LogP contribution is 2.51. The van der Waals surface area contributed by atoms with Crippen LogP contribution in [0.2, 0.25) is 0 Å². The molecule has 3 aliphatic heterocycles. The molecule has 3 N–H and O–H groups in total. The summed E-state index contributed by atoms with van der Waals surface area (Å²) in [5.74, 6) is 2.34. The molecule has 6 nitrogen and oxygen atoms in total. The first-order valence-electron chi connectivity index (χ1n) is 9.56. The average Bonchev–Trinajstić information content (AvgIpc) is 2.91. The molecule has 1 aromatic heterocycles. The van der Waals surface area contributed by atoms with Crippen molar-refractivity contribution < 1.29 is 18.9 Å². The summed E-state index contributed by atoms with van der Waals surface area (Å²) in [5, 5.41) is 1.05. The predicted molar refractivity (Wildman–Crippen MR) is 99.3 cm³/mol. The molecule has 26 heavy (non-hydrogen) atoms. The van der Waals surface area contributed by atoms with Crippen LogP contribution in [0.4, 0.5) is 0 Å². The van der Waals surface area contributed by atoms with Gasteiger partial charge in [-0.25, -0.2) is 4.57 Å². The first kappa shape index (κ1) is 16.8. The summed E-state index contributed by atoms with van der Waals surface area (Å²) in [7, 11) is -4.54. The Bertz CT molecular complexity index is 904. The number of aromatic amines is 1. The molecule has 4 aliphatic rings. The molecule has 4 heterocycles. The lowest BCUT2D eigenvalue weighted by atomic mass is 9.65. The Morgan fingerprint density at radius 2 is 2.19 bits per heavy atom. The van der Waals surface area contributed by atoms with Crippen molar-refractivity contribution in [3.05, 3.63) is 29.5 Å². The Kier molecular flexibility index (Phi) is 3.77. The van der Waals surface area contributed by atoms with E-state index in [1.807, 2.05) is 6.07 Å². The van der Waals surface area contributed by atoms with Gasteiger partial charge in [0.15, 0.2) is 0 Å². The molecule has 2 aromatic rings. The largest absolute Gasteiger partial charge is 0.524 e. The lowest BCUT2D eigenvalue weighted by Crippen LogP contribution is -2.56. The standard InChI is InChI=1S/C19H25N2O4P/c1-2-12-7-11-8-16-18-14(5-6-21(10-11)19(12)16)15-9-13(25-26(22,23)24)3-4-17(15)20-18/h3-4,9,11-12,16,19-20H,2,5-8,10H2,1H3,(H2,22,23,24)/t11-,12-,16-,19?/m0/s1. The molecule has 0 radical (unpaired) electrons. The number of rotatable bonds is 3. The number of piperidine rings is 2. The van der Waals surface area contributed by atoms with Crippen LogP contribution in [0, 0.1) is 11.8 Å². The molecule has 0 amide bonds. The van der Waals surface area contributed by atoms with E-state index < -0.39 is 7.82 Å². The lowest BCUT2D eigenvalue weighted by molar-refractivity contribution is -0.0134. The van der Waals surface area contributed by atoms with Gasteiger partial charge in [-0.15, -0.1) is 0 Å². The highest BCUT2D eigenvalue weighted by molar-refractivity contribution is 7.46. The van der Waals surface area contributed by atoms with E-state index in [0.29, 0.717) is 12.0 Å². The summed E-state index contributed by atoms with van der Waals surface area (Å²) in [5.41, 5.74) is 3.70. The van der Waals surface area contributed by atoms with E-state index in [4.69, 9.17) is 14.3 Å². The van der Waals surface area contributed by atoms with Crippen LogP contribution in [0.5, 0.6) is 5.75 Å². The zero-order valence-corrected chi connectivity index (χ0v) is 15.8. The molecule has 2 saturated heterocycles. The Labute approximate surface area is 152 Å². The van der Waals surface area contributed by atoms with E-state index in [9.17, 15) is 4.57 Å². The Morgan fingerprint density at radius 3 is 2.96 bits per heavy atom. The minimum atomic E-state index is -4.54. The van der Waals surface area contributed by atoms with E-state index in [-0.39, 0.29) is 5.75 Å². The number of hydrogen-bond acceptors (Lipinski definition) is 3. The average molecular weight is 376 g/mol. The summed E-state index contributed by atoms with van der Waals surface area (Å²) >= 11 is 0. The molecule has 1 aliphatic carbocycles. The third-order valence-corrected chi connectivity index (χ3v) is 7.16. The van der Waals surface area contributed by atoms with Gasteiger partial charge in [0, 0.05) is 41.6 Å². The minimum absolute atomic E-state index is 0.230. The van der Waals surface area contributed by atoms with Crippen LogP contribution in [0.25, 0.3) is 10.9 Å². The molecule has 0 spiro atoms. The van der Waals surface area contributed by atoms with Gasteiger partial charge in [-0.2, -0.15) is 0 Å². The van der Waals surface area contributed by atoms with Gasteiger partial charge < -0.3 is 9.51 Å². The molecule has 1 aromatic carbocycles. The maximum atomic E-state index is 11.2. The number of phosphoric acid groups is 1. The number of nitrogens with one attached hydrogen (secondary N) is 1. The third kappa shape index (κ3) is 2.63. The minimum Gasteiger partial charge on any atom is -0.404 e. The van der Waals surface area contributed by atoms with Crippen LogP contribution in [0.3, 0.4) is 0 Å². The molecule has 3 fully saturated rings. The molecule has 4 bridgehead atoms. The third-order valence-electron chi connectivity index (χ3n) is 6.71. The summed E-state index contributed by atoms with van der Waals surface area (Å²) in [6.45, 7) is 4.61. The number of H-pyrrole nitrogens is 1. The van der Waals surface area contributed by atoms with Crippen molar-refractivity contribution in [1.29, 1.82) is 0 Å². The Morgan fingerprint density at radius 1 is 1.35 bits per heavy atom. The summed E-state index contributed by atoms with van der Waals surface area (Å²) < 4.78 is 16.0. The normalized spacial score (nSPS) is 33.1. The van der Waals surface area contributed by atoms with E-state index in [0.717, 1.165) is 35.7 Å². The lowest BCUT2D eigenvalue weighted by Gasteiger charge is -2.53. The van der Waals surface area contributed by atoms with Gasteiger partial charge in [-0.1, -0.05) is 13.3 Å². The topological polar surface area (TPSA) is 85.8 Å². The van der Waals surface area contributed by atoms with Crippen molar-refractivity contribution in [1.82, 2.24) is 9.88 Å². The Balaban J connectivity index is 1.60. The predicted octanol–water partition coefficient (Wildman–Crippen LogP) is 3.40. The van der Waals surface area contributed by atoms with Gasteiger partial charge in [0.1, 0.15) is 5.75 Å². The van der Waals surface area contributed by atoms with Crippen molar-refractivity contribution in [2.75, 3.05) is 13.1 Å². The summed E-state index contributed by atoms with van der Waals surface area (Å²) in [4.78, 5) is 24.6. The number of phosphoric ester groups is 1. The van der Waals surface area contributed by atoms with Crippen molar-refractivity contribution in [2.24, 2.45) is 11.8 Å².